The van der Waals surface area contributed by atoms with Crippen LogP contribution in [0.15, 0.2) is 17.1 Å². The highest BCUT2D eigenvalue weighted by Crippen LogP contribution is 2.44. The number of nitrogens with two attached hydrogens (primary N) is 1. The summed E-state index contributed by atoms with van der Waals surface area (Å²) in [7, 11) is 0. The van der Waals surface area contributed by atoms with Crippen LogP contribution < -0.4 is 11.3 Å². The van der Waals surface area contributed by atoms with Crippen LogP contribution in [-0.4, -0.2) is 22.0 Å². The Bertz CT molecular complexity index is 844. The van der Waals surface area contributed by atoms with Crippen molar-refractivity contribution in [1.82, 2.24) is 4.40 Å². The molecule has 3 rings (SSSR count). The first-order valence-corrected chi connectivity index (χ1v) is 7.26. The number of hydrogen-bond acceptors (Lipinski definition) is 3. The summed E-state index contributed by atoms with van der Waals surface area (Å²) in [6, 6.07) is 1.37. The van der Waals surface area contributed by atoms with Crippen LogP contribution in [0, 0.1) is 12.7 Å². The van der Waals surface area contributed by atoms with Gasteiger partial charge in [-0.1, -0.05) is 0 Å². The standard InChI is InChI=1S/C16H17FN2O3.ClH/c1-8-6-10(17)7-19-14(8)12(9-2-3-9)11(4-5-18)13(15(19)20)16(21)22;/h6-7,9H,2-5,18H2,1H3,(H,21,22);1H. The maximum absolute atomic E-state index is 13.7. The molecule has 0 spiro atoms. The van der Waals surface area contributed by atoms with E-state index in [1.807, 2.05) is 0 Å². The second-order valence-electron chi connectivity index (χ2n) is 5.75. The van der Waals surface area contributed by atoms with Crippen LogP contribution in [0.3, 0.4) is 0 Å². The number of carboxylic acids is 1. The highest BCUT2D eigenvalue weighted by molar-refractivity contribution is 5.91. The molecule has 0 bridgehead atoms. The molecule has 1 fully saturated rings. The van der Waals surface area contributed by atoms with Gasteiger partial charge in [0.25, 0.3) is 5.56 Å². The summed E-state index contributed by atoms with van der Waals surface area (Å²) in [6.45, 7) is 1.99. The van der Waals surface area contributed by atoms with Gasteiger partial charge in [0.2, 0.25) is 0 Å². The number of fused-ring (bicyclic) bond motifs is 1. The van der Waals surface area contributed by atoms with Crippen molar-refractivity contribution in [2.75, 3.05) is 6.54 Å². The van der Waals surface area contributed by atoms with Crippen molar-refractivity contribution in [2.24, 2.45) is 5.73 Å². The lowest BCUT2D eigenvalue weighted by Gasteiger charge is -2.17. The fraction of sp³-hybridized carbons (Fsp3) is 0.375. The second-order valence-corrected chi connectivity index (χ2v) is 5.75. The summed E-state index contributed by atoms with van der Waals surface area (Å²) in [4.78, 5) is 24.1. The fourth-order valence-electron chi connectivity index (χ4n) is 3.16. The van der Waals surface area contributed by atoms with Gasteiger partial charge in [0.15, 0.2) is 0 Å². The van der Waals surface area contributed by atoms with Gasteiger partial charge in [0.1, 0.15) is 11.4 Å². The minimum atomic E-state index is -1.29. The maximum Gasteiger partial charge on any atom is 0.341 e. The Hall–Kier alpha value is -1.92. The first kappa shape index (κ1) is 17.4. The Morgan fingerprint density at radius 1 is 1.48 bits per heavy atom. The third kappa shape index (κ3) is 2.84. The number of nitrogens with zero attached hydrogens (tertiary/aromatic N) is 1. The molecule has 0 atom stereocenters. The van der Waals surface area contributed by atoms with Gasteiger partial charge >= 0.3 is 5.97 Å². The molecule has 23 heavy (non-hydrogen) atoms. The summed E-state index contributed by atoms with van der Waals surface area (Å²) in [5.41, 5.74) is 7.25. The molecule has 5 nitrogen and oxygen atoms in total. The zero-order chi connectivity index (χ0) is 16.0. The lowest BCUT2D eigenvalue weighted by Crippen LogP contribution is -2.28. The van der Waals surface area contributed by atoms with Gasteiger partial charge < -0.3 is 10.8 Å². The molecular formula is C16H18ClFN2O3. The van der Waals surface area contributed by atoms with E-state index in [1.54, 1.807) is 6.92 Å². The average molecular weight is 341 g/mol. The number of carbonyl (C=O) groups is 1. The number of aryl methyl sites for hydroxylation is 1. The highest BCUT2D eigenvalue weighted by atomic mass is 35.5. The molecule has 124 valence electrons. The van der Waals surface area contributed by atoms with Crippen LogP contribution in [-0.2, 0) is 6.42 Å². The van der Waals surface area contributed by atoms with E-state index in [0.29, 0.717) is 23.1 Å². The van der Waals surface area contributed by atoms with Gasteiger partial charge in [-0.25, -0.2) is 9.18 Å². The lowest BCUT2D eigenvalue weighted by molar-refractivity contribution is 0.0693. The number of rotatable bonds is 4. The van der Waals surface area contributed by atoms with Crippen molar-refractivity contribution in [3.8, 4) is 0 Å². The average Bonchev–Trinajstić information content (AvgIpc) is 3.24. The zero-order valence-electron chi connectivity index (χ0n) is 12.6. The molecule has 1 saturated carbocycles. The Kier molecular flexibility index (Phi) is 4.77. The van der Waals surface area contributed by atoms with Crippen molar-refractivity contribution in [3.63, 3.8) is 0 Å². The normalized spacial score (nSPS) is 13.9. The molecule has 7 heteroatoms. The minimum Gasteiger partial charge on any atom is -0.477 e. The van der Waals surface area contributed by atoms with E-state index >= 15 is 0 Å². The Morgan fingerprint density at radius 3 is 2.65 bits per heavy atom. The molecule has 0 unspecified atom stereocenters. The summed E-state index contributed by atoms with van der Waals surface area (Å²) < 4.78 is 14.8. The van der Waals surface area contributed by atoms with Crippen LogP contribution in [0.4, 0.5) is 4.39 Å². The quantitative estimate of drug-likeness (QED) is 0.894. The van der Waals surface area contributed by atoms with Crippen molar-refractivity contribution >= 4 is 23.9 Å². The van der Waals surface area contributed by atoms with Crippen LogP contribution in [0.2, 0.25) is 0 Å². The van der Waals surface area contributed by atoms with Crippen molar-refractivity contribution < 1.29 is 14.3 Å². The third-order valence-electron chi connectivity index (χ3n) is 4.13. The first-order valence-electron chi connectivity index (χ1n) is 7.26. The van der Waals surface area contributed by atoms with E-state index < -0.39 is 17.3 Å². The van der Waals surface area contributed by atoms with Crippen LogP contribution >= 0.6 is 12.4 Å². The maximum atomic E-state index is 13.7. The summed E-state index contributed by atoms with van der Waals surface area (Å²) in [5.74, 6) is -1.62. The first-order chi connectivity index (χ1) is 10.5. The van der Waals surface area contributed by atoms with E-state index in [0.717, 1.165) is 29.0 Å². The van der Waals surface area contributed by atoms with Gasteiger partial charge in [-0.3, -0.25) is 9.20 Å². The van der Waals surface area contributed by atoms with Gasteiger partial charge in [-0.2, -0.15) is 0 Å². The fourth-order valence-corrected chi connectivity index (χ4v) is 3.16. The lowest BCUT2D eigenvalue weighted by atomic mass is 9.93. The summed E-state index contributed by atoms with van der Waals surface area (Å²) >= 11 is 0. The molecule has 0 amide bonds. The van der Waals surface area contributed by atoms with Crippen molar-refractivity contribution in [1.29, 1.82) is 0 Å². The molecule has 2 aromatic heterocycles. The molecule has 2 heterocycles. The summed E-state index contributed by atoms with van der Waals surface area (Å²) in [5, 5.41) is 9.45. The Balaban J connectivity index is 0.00000192. The van der Waals surface area contributed by atoms with Gasteiger partial charge in [0.05, 0.1) is 5.52 Å². The molecule has 1 aliphatic carbocycles. The van der Waals surface area contributed by atoms with E-state index in [-0.39, 0.29) is 30.4 Å². The van der Waals surface area contributed by atoms with Crippen LogP contribution in [0.1, 0.15) is 45.8 Å². The van der Waals surface area contributed by atoms with Crippen LogP contribution in [0.5, 0.6) is 0 Å². The topological polar surface area (TPSA) is 84.8 Å². The van der Waals surface area contributed by atoms with Crippen molar-refractivity contribution in [3.05, 3.63) is 50.7 Å². The molecule has 1 aliphatic rings. The monoisotopic (exact) mass is 340 g/mol. The Morgan fingerprint density at radius 2 is 2.13 bits per heavy atom. The van der Waals surface area contributed by atoms with E-state index in [4.69, 9.17) is 5.73 Å². The number of aromatic carboxylic acids is 1. The molecule has 0 aromatic carbocycles. The third-order valence-corrected chi connectivity index (χ3v) is 4.13. The molecule has 0 radical (unpaired) electrons. The highest BCUT2D eigenvalue weighted by Gasteiger charge is 2.33. The number of halogens is 2. The van der Waals surface area contributed by atoms with Gasteiger partial charge in [0, 0.05) is 6.20 Å². The molecule has 2 aromatic rings. The van der Waals surface area contributed by atoms with Gasteiger partial charge in [-0.05, 0) is 61.4 Å². The van der Waals surface area contributed by atoms with Gasteiger partial charge in [-0.15, -0.1) is 12.4 Å². The molecule has 0 saturated heterocycles. The minimum absolute atomic E-state index is 0. The SMILES string of the molecule is Cc1cc(F)cn2c(=O)c(C(=O)O)c(CCN)c(C3CC3)c12.Cl. The number of carboxylic acid groups (broad SMARTS) is 1. The number of hydrogen-bond donors (Lipinski definition) is 2. The van der Waals surface area contributed by atoms with E-state index in [1.165, 1.54) is 6.07 Å². The number of pyridine rings is 2. The van der Waals surface area contributed by atoms with Crippen LogP contribution in [0.25, 0.3) is 5.52 Å². The summed E-state index contributed by atoms with van der Waals surface area (Å²) in [6.07, 6.45) is 3.29. The zero-order valence-corrected chi connectivity index (χ0v) is 13.5. The largest absolute Gasteiger partial charge is 0.477 e. The predicted molar refractivity (Wildman–Crippen MR) is 87.3 cm³/mol. The molecule has 3 N–H and O–H groups in total. The second kappa shape index (κ2) is 6.29. The number of aromatic nitrogens is 1. The molecular weight excluding hydrogens is 323 g/mol. The van der Waals surface area contributed by atoms with E-state index in [2.05, 4.69) is 0 Å². The molecule has 0 aliphatic heterocycles. The smallest absolute Gasteiger partial charge is 0.341 e. The Labute approximate surface area is 138 Å². The van der Waals surface area contributed by atoms with Crippen molar-refractivity contribution in [2.45, 2.75) is 32.1 Å². The van der Waals surface area contributed by atoms with E-state index in [9.17, 15) is 19.1 Å². The predicted octanol–water partition coefficient (Wildman–Crippen LogP) is 2.25.